The van der Waals surface area contributed by atoms with Crippen molar-refractivity contribution in [1.29, 1.82) is 0 Å². The second-order valence-corrected chi connectivity index (χ2v) is 11.0. The highest BCUT2D eigenvalue weighted by atomic mass is 35.5. The van der Waals surface area contributed by atoms with Crippen molar-refractivity contribution in [2.45, 2.75) is 96.9 Å². The number of rotatable bonds is 4. The molecule has 2 aliphatic carbocycles. The number of allylic oxidation sites excluding steroid dienone is 1. The number of aliphatic hydroxyl groups excluding tert-OH is 1. The summed E-state index contributed by atoms with van der Waals surface area (Å²) in [5.41, 5.74) is -2.69. The predicted octanol–water partition coefficient (Wildman–Crippen LogP) is 2.06. The fourth-order valence-electron chi connectivity index (χ4n) is 6.50. The minimum Gasteiger partial charge on any atom is -0.462 e. The molecule has 2 fully saturated rings. The van der Waals surface area contributed by atoms with E-state index in [2.05, 4.69) is 0 Å². The molecule has 1 saturated heterocycles. The molecule has 1 aliphatic heterocycles. The van der Waals surface area contributed by atoms with Crippen LogP contribution in [0.4, 0.5) is 0 Å². The summed E-state index contributed by atoms with van der Waals surface area (Å²) in [5.74, 6) is -5.24. The highest BCUT2D eigenvalue weighted by molar-refractivity contribution is 6.19. The van der Waals surface area contributed by atoms with Crippen LogP contribution in [-0.2, 0) is 38.1 Å². The number of fused-ring (bicyclic) bond motifs is 2. The highest BCUT2D eigenvalue weighted by Gasteiger charge is 2.68. The first-order valence-corrected chi connectivity index (χ1v) is 13.1. The van der Waals surface area contributed by atoms with Gasteiger partial charge in [-0.05, 0) is 31.8 Å². The maximum absolute atomic E-state index is 12.8. The van der Waals surface area contributed by atoms with Gasteiger partial charge in [0, 0.05) is 44.4 Å². The van der Waals surface area contributed by atoms with E-state index < -0.39 is 83.2 Å². The molecule has 0 aromatic rings. The first kappa shape index (κ1) is 29.4. The van der Waals surface area contributed by atoms with Gasteiger partial charge >= 0.3 is 23.9 Å². The SMILES string of the molecule is CC(=O)OC1[C@H]2[C@@H](C)[C@H](O)C[C@H](OC(C)=O)[C@]2(C)[C@@H](OC(C)=O)CC/C(CCl)=C\[C@@H]2OC(=O)[C@H](C)[C@@]12O. The van der Waals surface area contributed by atoms with Gasteiger partial charge in [-0.2, -0.15) is 0 Å². The molecule has 1 unspecified atom stereocenters. The third-order valence-electron chi connectivity index (χ3n) is 8.46. The number of hydrogen-bond donors (Lipinski definition) is 2. The van der Waals surface area contributed by atoms with E-state index in [1.165, 1.54) is 27.7 Å². The van der Waals surface area contributed by atoms with Crippen molar-refractivity contribution < 1.29 is 48.3 Å². The van der Waals surface area contributed by atoms with Crippen molar-refractivity contribution in [3.05, 3.63) is 11.6 Å². The van der Waals surface area contributed by atoms with Gasteiger partial charge in [0.15, 0.2) is 11.7 Å². The van der Waals surface area contributed by atoms with E-state index in [1.807, 2.05) is 0 Å². The molecule has 0 spiro atoms. The standard InChI is InChI=1S/C26H37ClO10/c1-12-18(31)10-20(35-15(4)29)25(6)19(34-14(3)28)8-7-17(11-27)9-21-26(33,13(2)24(32)37-21)23(22(12)25)36-16(5)30/h9,12-13,18-23,31,33H,7-8,10-11H2,1-6H3/b17-9+/t12-,13-,18+,19-,20-,21-,22+,23?,25-,26-/m0/s1. The third kappa shape index (κ3) is 5.25. The molecular formula is C26H37ClO10. The molecule has 0 radical (unpaired) electrons. The van der Waals surface area contributed by atoms with Crippen molar-refractivity contribution in [3.8, 4) is 0 Å². The summed E-state index contributed by atoms with van der Waals surface area (Å²) in [5, 5.41) is 23.4. The van der Waals surface area contributed by atoms with E-state index in [4.69, 9.17) is 30.5 Å². The first-order valence-electron chi connectivity index (χ1n) is 12.6. The van der Waals surface area contributed by atoms with Gasteiger partial charge in [0.25, 0.3) is 0 Å². The van der Waals surface area contributed by atoms with Gasteiger partial charge < -0.3 is 29.2 Å². The molecule has 11 heteroatoms. The topological polar surface area (TPSA) is 146 Å². The zero-order valence-electron chi connectivity index (χ0n) is 22.1. The summed E-state index contributed by atoms with van der Waals surface area (Å²) in [4.78, 5) is 49.7. The van der Waals surface area contributed by atoms with Crippen molar-refractivity contribution >= 4 is 35.5 Å². The Bertz CT molecular complexity index is 965. The van der Waals surface area contributed by atoms with E-state index in [1.54, 1.807) is 19.9 Å². The number of hydrogen-bond acceptors (Lipinski definition) is 10. The lowest BCUT2D eigenvalue weighted by Crippen LogP contribution is -2.68. The zero-order valence-corrected chi connectivity index (χ0v) is 22.8. The Morgan fingerprint density at radius 2 is 1.65 bits per heavy atom. The number of esters is 4. The van der Waals surface area contributed by atoms with Crippen molar-refractivity contribution in [3.63, 3.8) is 0 Å². The summed E-state index contributed by atoms with van der Waals surface area (Å²) >= 11 is 6.21. The summed E-state index contributed by atoms with van der Waals surface area (Å²) in [6.07, 6.45) is -3.30. The number of aliphatic hydroxyl groups is 2. The molecule has 1 heterocycles. The average Bonchev–Trinajstić information content (AvgIpc) is 3.01. The molecule has 0 amide bonds. The van der Waals surface area contributed by atoms with E-state index in [0.717, 1.165) is 0 Å². The number of ether oxygens (including phenoxy) is 4. The van der Waals surface area contributed by atoms with Crippen LogP contribution in [0.15, 0.2) is 11.6 Å². The molecule has 10 nitrogen and oxygen atoms in total. The summed E-state index contributed by atoms with van der Waals surface area (Å²) in [6.45, 7) is 8.61. The van der Waals surface area contributed by atoms with Gasteiger partial charge in [0.1, 0.15) is 18.3 Å². The van der Waals surface area contributed by atoms with Crippen molar-refractivity contribution in [1.82, 2.24) is 0 Å². The van der Waals surface area contributed by atoms with E-state index in [0.29, 0.717) is 12.0 Å². The Morgan fingerprint density at radius 1 is 1.08 bits per heavy atom. The van der Waals surface area contributed by atoms with Crippen LogP contribution >= 0.6 is 11.6 Å². The first-order chi connectivity index (χ1) is 17.2. The lowest BCUT2D eigenvalue weighted by atomic mass is 9.52. The van der Waals surface area contributed by atoms with Crippen LogP contribution < -0.4 is 0 Å². The number of carbonyl (C=O) groups excluding carboxylic acids is 4. The number of carbonyl (C=O) groups is 4. The minimum absolute atomic E-state index is 0.0311. The van der Waals surface area contributed by atoms with Gasteiger partial charge in [-0.1, -0.05) is 19.4 Å². The Hall–Kier alpha value is -2.17. The highest BCUT2D eigenvalue weighted by Crippen LogP contribution is 2.56. The number of halogens is 1. The molecule has 208 valence electrons. The summed E-state index contributed by atoms with van der Waals surface area (Å²) in [6, 6.07) is 0. The van der Waals surface area contributed by atoms with E-state index >= 15 is 0 Å². The zero-order chi connectivity index (χ0) is 27.9. The monoisotopic (exact) mass is 544 g/mol. The summed E-state index contributed by atoms with van der Waals surface area (Å²) in [7, 11) is 0. The molecule has 0 bridgehead atoms. The quantitative estimate of drug-likeness (QED) is 0.233. The van der Waals surface area contributed by atoms with Gasteiger partial charge in [0.2, 0.25) is 0 Å². The van der Waals surface area contributed by atoms with Crippen LogP contribution in [0.2, 0.25) is 0 Å². The van der Waals surface area contributed by atoms with Crippen LogP contribution in [-0.4, -0.2) is 76.1 Å². The lowest BCUT2D eigenvalue weighted by molar-refractivity contribution is -0.250. The van der Waals surface area contributed by atoms with Crippen molar-refractivity contribution in [2.75, 3.05) is 5.88 Å². The molecular weight excluding hydrogens is 508 g/mol. The average molecular weight is 545 g/mol. The van der Waals surface area contributed by atoms with Crippen LogP contribution in [0.1, 0.15) is 60.8 Å². The van der Waals surface area contributed by atoms with Gasteiger partial charge in [-0.25, -0.2) is 0 Å². The minimum atomic E-state index is -2.06. The maximum Gasteiger partial charge on any atom is 0.312 e. The fourth-order valence-corrected chi connectivity index (χ4v) is 6.72. The maximum atomic E-state index is 12.8. The Labute approximate surface area is 221 Å². The molecule has 3 aliphatic rings. The number of alkyl halides is 1. The molecule has 0 aromatic carbocycles. The molecule has 0 aromatic heterocycles. The van der Waals surface area contributed by atoms with Crippen molar-refractivity contribution in [2.24, 2.45) is 23.2 Å². The Balaban J connectivity index is 2.37. The lowest BCUT2D eigenvalue weighted by Gasteiger charge is -2.58. The normalized spacial score (nSPS) is 43.3. The van der Waals surface area contributed by atoms with E-state index in [-0.39, 0.29) is 18.7 Å². The Kier molecular flexibility index (Phi) is 8.66. The van der Waals surface area contributed by atoms with Crippen LogP contribution in [0, 0.1) is 23.2 Å². The van der Waals surface area contributed by atoms with Crippen LogP contribution in [0.5, 0.6) is 0 Å². The van der Waals surface area contributed by atoms with E-state index in [9.17, 15) is 29.4 Å². The third-order valence-corrected chi connectivity index (χ3v) is 8.80. The van der Waals surface area contributed by atoms with Crippen LogP contribution in [0.3, 0.4) is 0 Å². The van der Waals surface area contributed by atoms with Crippen LogP contribution in [0.25, 0.3) is 0 Å². The molecule has 10 atom stereocenters. The second-order valence-electron chi connectivity index (χ2n) is 10.7. The van der Waals surface area contributed by atoms with Gasteiger partial charge in [-0.3, -0.25) is 19.2 Å². The largest absolute Gasteiger partial charge is 0.462 e. The smallest absolute Gasteiger partial charge is 0.312 e. The molecule has 3 rings (SSSR count). The summed E-state index contributed by atoms with van der Waals surface area (Å²) < 4.78 is 22.9. The molecule has 2 N–H and O–H groups in total. The van der Waals surface area contributed by atoms with Gasteiger partial charge in [-0.15, -0.1) is 11.6 Å². The second kappa shape index (κ2) is 10.9. The fraction of sp³-hybridized carbons (Fsp3) is 0.769. The predicted molar refractivity (Wildman–Crippen MR) is 130 cm³/mol. The van der Waals surface area contributed by atoms with Gasteiger partial charge in [0.05, 0.1) is 12.0 Å². The molecule has 1 saturated carbocycles. The molecule has 37 heavy (non-hydrogen) atoms. The Morgan fingerprint density at radius 3 is 2.19 bits per heavy atom.